The number of ether oxygens (including phenoxy) is 3. The number of benzene rings is 1. The molecule has 7 nitrogen and oxygen atoms in total. The van der Waals surface area contributed by atoms with Crippen molar-refractivity contribution in [2.45, 2.75) is 37.8 Å². The van der Waals surface area contributed by atoms with Gasteiger partial charge in [-0.1, -0.05) is 6.07 Å². The number of halogens is 2. The minimum atomic E-state index is -0.868. The predicted octanol–water partition coefficient (Wildman–Crippen LogP) is 2.19. The molecular formula is C20H29F2N3O4. The molecule has 1 aromatic rings. The van der Waals surface area contributed by atoms with E-state index in [9.17, 15) is 13.6 Å². The third kappa shape index (κ3) is 6.19. The van der Waals surface area contributed by atoms with Crippen LogP contribution in [0.1, 0.15) is 31.7 Å². The Labute approximate surface area is 169 Å². The molecular weight excluding hydrogens is 384 g/mol. The first kappa shape index (κ1) is 23.2. The number of hydrogen-bond acceptors (Lipinski definition) is 7. The highest BCUT2D eigenvalue weighted by Gasteiger charge is 2.44. The molecule has 162 valence electrons. The minimum absolute atomic E-state index is 0.0417. The van der Waals surface area contributed by atoms with Gasteiger partial charge >= 0.3 is 5.97 Å². The Morgan fingerprint density at radius 1 is 1.34 bits per heavy atom. The molecule has 0 radical (unpaired) electrons. The van der Waals surface area contributed by atoms with Crippen molar-refractivity contribution in [3.05, 3.63) is 29.6 Å². The van der Waals surface area contributed by atoms with Gasteiger partial charge in [0.2, 0.25) is 5.97 Å². The summed E-state index contributed by atoms with van der Waals surface area (Å²) < 4.78 is 44.1. The first-order valence-electron chi connectivity index (χ1n) is 9.62. The Morgan fingerprint density at radius 3 is 2.72 bits per heavy atom. The van der Waals surface area contributed by atoms with Gasteiger partial charge in [-0.15, -0.1) is 0 Å². The highest BCUT2D eigenvalue weighted by Crippen LogP contribution is 2.32. The average molecular weight is 413 g/mol. The summed E-state index contributed by atoms with van der Waals surface area (Å²) in [5.74, 6) is -2.12. The predicted molar refractivity (Wildman–Crippen MR) is 105 cm³/mol. The van der Waals surface area contributed by atoms with Gasteiger partial charge in [0.15, 0.2) is 11.6 Å². The fourth-order valence-electron chi connectivity index (χ4n) is 2.96. The summed E-state index contributed by atoms with van der Waals surface area (Å²) in [7, 11) is 2.93. The zero-order chi connectivity index (χ0) is 21.3. The first-order chi connectivity index (χ1) is 13.9. The molecule has 2 N–H and O–H groups in total. The summed E-state index contributed by atoms with van der Waals surface area (Å²) in [6, 6.07) is 3.99. The van der Waals surface area contributed by atoms with Gasteiger partial charge < -0.3 is 19.5 Å². The van der Waals surface area contributed by atoms with E-state index in [2.05, 4.69) is 15.6 Å². The van der Waals surface area contributed by atoms with Crippen molar-refractivity contribution >= 4 is 11.9 Å². The SMILES string of the molecule is COC(=O)C1(NC/N=C(/F)c2cccc(F)c2OCCNCC(C)OC)CCC1. The summed E-state index contributed by atoms with van der Waals surface area (Å²) in [5.41, 5.74) is -0.886. The maximum atomic E-state index is 14.6. The summed E-state index contributed by atoms with van der Waals surface area (Å²) in [4.78, 5) is 15.7. The lowest BCUT2D eigenvalue weighted by Gasteiger charge is -2.39. The second-order valence-corrected chi connectivity index (χ2v) is 6.93. The lowest BCUT2D eigenvalue weighted by atomic mass is 9.77. The molecule has 0 spiro atoms. The molecule has 1 fully saturated rings. The smallest absolute Gasteiger partial charge is 0.326 e. The largest absolute Gasteiger partial charge is 0.488 e. The van der Waals surface area contributed by atoms with E-state index in [0.29, 0.717) is 25.9 Å². The third-order valence-corrected chi connectivity index (χ3v) is 4.97. The highest BCUT2D eigenvalue weighted by molar-refractivity contribution is 5.96. The lowest BCUT2D eigenvalue weighted by molar-refractivity contribution is -0.152. The van der Waals surface area contributed by atoms with Gasteiger partial charge in [0.05, 0.1) is 25.4 Å². The first-order valence-corrected chi connectivity index (χ1v) is 9.62. The molecule has 1 aromatic carbocycles. The molecule has 1 unspecified atom stereocenters. The number of methoxy groups -OCH3 is 2. The Kier molecular flexibility index (Phi) is 8.94. The maximum Gasteiger partial charge on any atom is 0.326 e. The van der Waals surface area contributed by atoms with Gasteiger partial charge in [0.1, 0.15) is 12.1 Å². The van der Waals surface area contributed by atoms with Crippen LogP contribution in [0.15, 0.2) is 23.2 Å². The number of nitrogens with zero attached hydrogens (tertiary/aromatic N) is 1. The molecule has 29 heavy (non-hydrogen) atoms. The molecule has 0 bridgehead atoms. The Morgan fingerprint density at radius 2 is 2.10 bits per heavy atom. The van der Waals surface area contributed by atoms with Crippen LogP contribution in [0.2, 0.25) is 0 Å². The highest BCUT2D eigenvalue weighted by atomic mass is 19.1. The second-order valence-electron chi connectivity index (χ2n) is 6.93. The van der Waals surface area contributed by atoms with Crippen molar-refractivity contribution in [2.24, 2.45) is 4.99 Å². The second kappa shape index (κ2) is 11.2. The van der Waals surface area contributed by atoms with Gasteiger partial charge in [-0.3, -0.25) is 10.1 Å². The quantitative estimate of drug-likeness (QED) is 0.311. The third-order valence-electron chi connectivity index (χ3n) is 4.97. The van der Waals surface area contributed by atoms with Crippen LogP contribution < -0.4 is 15.4 Å². The number of hydrogen-bond donors (Lipinski definition) is 2. The molecule has 1 aliphatic carbocycles. The van der Waals surface area contributed by atoms with E-state index in [0.717, 1.165) is 6.42 Å². The number of carbonyl (C=O) groups excluding carboxylic acids is 1. The topological polar surface area (TPSA) is 81.2 Å². The van der Waals surface area contributed by atoms with Gasteiger partial charge in [-0.2, -0.15) is 4.39 Å². The van der Waals surface area contributed by atoms with E-state index < -0.39 is 17.3 Å². The molecule has 1 atom stereocenters. The Hall–Kier alpha value is -2.10. The monoisotopic (exact) mass is 413 g/mol. The molecule has 0 amide bonds. The van der Waals surface area contributed by atoms with E-state index >= 15 is 0 Å². The van der Waals surface area contributed by atoms with Crippen LogP contribution in [0.5, 0.6) is 5.75 Å². The molecule has 0 aromatic heterocycles. The number of carbonyl (C=O) groups is 1. The zero-order valence-corrected chi connectivity index (χ0v) is 17.1. The number of esters is 1. The van der Waals surface area contributed by atoms with E-state index in [4.69, 9.17) is 14.2 Å². The van der Waals surface area contributed by atoms with E-state index in [1.165, 1.54) is 25.3 Å². The van der Waals surface area contributed by atoms with Crippen molar-refractivity contribution < 1.29 is 27.8 Å². The van der Waals surface area contributed by atoms with Crippen LogP contribution in [0, 0.1) is 5.82 Å². The molecule has 0 saturated heterocycles. The van der Waals surface area contributed by atoms with Crippen LogP contribution >= 0.6 is 0 Å². The van der Waals surface area contributed by atoms with Gasteiger partial charge in [0, 0.05) is 20.2 Å². The van der Waals surface area contributed by atoms with E-state index in [1.54, 1.807) is 7.11 Å². The van der Waals surface area contributed by atoms with Crippen LogP contribution in [-0.4, -0.2) is 64.2 Å². The van der Waals surface area contributed by atoms with Crippen LogP contribution in [-0.2, 0) is 14.3 Å². The van der Waals surface area contributed by atoms with Crippen molar-refractivity contribution in [2.75, 3.05) is 40.6 Å². The summed E-state index contributed by atoms with van der Waals surface area (Å²) in [6.07, 6.45) is 2.15. The van der Waals surface area contributed by atoms with Crippen LogP contribution in [0.4, 0.5) is 8.78 Å². The summed E-state index contributed by atoms with van der Waals surface area (Å²) >= 11 is 0. The average Bonchev–Trinajstić information content (AvgIpc) is 2.69. The van der Waals surface area contributed by atoms with E-state index in [-0.39, 0.29) is 36.7 Å². The summed E-state index contributed by atoms with van der Waals surface area (Å²) in [6.45, 7) is 3.00. The zero-order valence-electron chi connectivity index (χ0n) is 17.1. The van der Waals surface area contributed by atoms with Crippen molar-refractivity contribution in [1.82, 2.24) is 10.6 Å². The molecule has 9 heteroatoms. The molecule has 2 rings (SSSR count). The molecule has 1 saturated carbocycles. The normalized spacial score (nSPS) is 16.8. The Bertz CT molecular complexity index is 711. The van der Waals surface area contributed by atoms with Crippen LogP contribution in [0.3, 0.4) is 0 Å². The lowest BCUT2D eigenvalue weighted by Crippen LogP contribution is -2.57. The van der Waals surface area contributed by atoms with Gasteiger partial charge in [-0.25, -0.2) is 9.38 Å². The van der Waals surface area contributed by atoms with Crippen molar-refractivity contribution in [3.63, 3.8) is 0 Å². The number of para-hydroxylation sites is 1. The number of rotatable bonds is 12. The minimum Gasteiger partial charge on any atom is -0.488 e. The van der Waals surface area contributed by atoms with Gasteiger partial charge in [-0.05, 0) is 38.3 Å². The number of aliphatic imine (C=N–C) groups is 1. The number of nitrogens with one attached hydrogen (secondary N) is 2. The van der Waals surface area contributed by atoms with E-state index in [1.807, 2.05) is 6.92 Å². The van der Waals surface area contributed by atoms with Crippen molar-refractivity contribution in [3.8, 4) is 5.75 Å². The fourth-order valence-corrected chi connectivity index (χ4v) is 2.96. The molecule has 0 heterocycles. The standard InChI is InChI=1S/C20H29F2N3O4/c1-14(27-2)12-23-10-11-29-17-15(6-4-7-16(17)21)18(22)24-13-25-20(8-5-9-20)19(26)28-3/h4,6-7,14,23,25H,5,8-13H2,1-3H3/b24-18+. The van der Waals surface area contributed by atoms with Crippen molar-refractivity contribution in [1.29, 1.82) is 0 Å². The molecule has 0 aliphatic heterocycles. The molecule has 1 aliphatic rings. The van der Waals surface area contributed by atoms with Crippen LogP contribution in [0.25, 0.3) is 0 Å². The summed E-state index contributed by atoms with van der Waals surface area (Å²) in [5, 5.41) is 6.04. The van der Waals surface area contributed by atoms with Gasteiger partial charge in [0.25, 0.3) is 0 Å². The fraction of sp³-hybridized carbons (Fsp3) is 0.600. The maximum absolute atomic E-state index is 14.6. The Balaban J connectivity index is 1.95.